The van der Waals surface area contributed by atoms with E-state index >= 15 is 0 Å². The molecule has 2 aromatic rings. The number of benzene rings is 1. The number of amides is 1. The number of carbonyl (C=O) groups is 1. The average molecular weight is 436 g/mol. The zero-order chi connectivity index (χ0) is 22.4. The number of likely N-dealkylation sites (tertiary alicyclic amines) is 1. The van der Waals surface area contributed by atoms with Gasteiger partial charge in [-0.3, -0.25) is 9.59 Å². The number of hydrogen-bond acceptors (Lipinski definition) is 3. The lowest BCUT2D eigenvalue weighted by atomic mass is 9.90. The summed E-state index contributed by atoms with van der Waals surface area (Å²) in [4.78, 5) is 26.2. The second kappa shape index (κ2) is 10.0. The average Bonchev–Trinajstić information content (AvgIpc) is 2.74. The molecule has 1 aliphatic rings. The van der Waals surface area contributed by atoms with Crippen LogP contribution in [0.2, 0.25) is 0 Å². The first-order chi connectivity index (χ1) is 14.8. The van der Waals surface area contributed by atoms with E-state index < -0.39 is 17.3 Å². The first-order valence-corrected chi connectivity index (χ1v) is 10.5. The van der Waals surface area contributed by atoms with Gasteiger partial charge in [-0.25, -0.2) is 0 Å². The van der Waals surface area contributed by atoms with E-state index in [0.717, 1.165) is 48.1 Å². The van der Waals surface area contributed by atoms with Gasteiger partial charge in [0.05, 0.1) is 6.61 Å². The van der Waals surface area contributed by atoms with Crippen molar-refractivity contribution in [2.45, 2.75) is 45.3 Å². The van der Waals surface area contributed by atoms with Crippen LogP contribution in [0, 0.1) is 5.92 Å². The van der Waals surface area contributed by atoms with Crippen molar-refractivity contribution in [3.8, 4) is 5.75 Å². The lowest BCUT2D eigenvalue weighted by molar-refractivity contribution is -0.139. The maximum absolute atomic E-state index is 12.9. The Hall–Kier alpha value is -2.77. The van der Waals surface area contributed by atoms with E-state index in [2.05, 4.69) is 12.1 Å². The largest absolute Gasteiger partial charge is 0.494 e. The summed E-state index contributed by atoms with van der Waals surface area (Å²) in [5.41, 5.74) is -1.20. The molecular formula is C23H27F3N2O3. The monoisotopic (exact) mass is 436 g/mol. The van der Waals surface area contributed by atoms with Gasteiger partial charge < -0.3 is 14.2 Å². The van der Waals surface area contributed by atoms with Crippen LogP contribution in [0.4, 0.5) is 13.2 Å². The Labute approximate surface area is 179 Å². The molecule has 0 atom stereocenters. The van der Waals surface area contributed by atoms with Gasteiger partial charge in [0.15, 0.2) is 0 Å². The topological polar surface area (TPSA) is 51.5 Å². The fraction of sp³-hybridized carbons (Fsp3) is 0.478. The van der Waals surface area contributed by atoms with Gasteiger partial charge in [0.25, 0.3) is 5.56 Å². The van der Waals surface area contributed by atoms with Gasteiger partial charge in [-0.15, -0.1) is 0 Å². The number of alkyl halides is 3. The van der Waals surface area contributed by atoms with Crippen molar-refractivity contribution >= 4 is 5.91 Å². The van der Waals surface area contributed by atoms with Crippen molar-refractivity contribution in [3.05, 3.63) is 64.1 Å². The number of halogens is 3. The molecule has 8 heteroatoms. The normalized spacial score (nSPS) is 15.2. The van der Waals surface area contributed by atoms with E-state index in [1.165, 1.54) is 11.8 Å². The molecular weight excluding hydrogens is 409 g/mol. The van der Waals surface area contributed by atoms with Crippen LogP contribution in [0.3, 0.4) is 0 Å². The molecule has 0 unspecified atom stereocenters. The number of aromatic nitrogens is 1. The quantitative estimate of drug-likeness (QED) is 0.656. The molecule has 1 saturated heterocycles. The van der Waals surface area contributed by atoms with E-state index in [0.29, 0.717) is 25.6 Å². The van der Waals surface area contributed by atoms with Crippen LogP contribution in [0.15, 0.2) is 47.4 Å². The smallest absolute Gasteiger partial charge is 0.421 e. The highest BCUT2D eigenvalue weighted by Gasteiger charge is 2.34. The SMILES string of the molecule is CCOc1ccc(CCC2CCN(C(=O)Cn3cccc(C(F)(F)F)c3=O)CC2)cc1. The van der Waals surface area contributed by atoms with Crippen LogP contribution in [0.1, 0.15) is 37.3 Å². The van der Waals surface area contributed by atoms with Crippen molar-refractivity contribution in [2.24, 2.45) is 5.92 Å². The van der Waals surface area contributed by atoms with Crippen LogP contribution in [-0.4, -0.2) is 35.1 Å². The van der Waals surface area contributed by atoms with Gasteiger partial charge in [-0.05, 0) is 68.4 Å². The van der Waals surface area contributed by atoms with Crippen molar-refractivity contribution in [1.82, 2.24) is 9.47 Å². The van der Waals surface area contributed by atoms with E-state index in [1.807, 2.05) is 19.1 Å². The minimum atomic E-state index is -4.73. The first kappa shape index (κ1) is 22.9. The summed E-state index contributed by atoms with van der Waals surface area (Å²) in [6.07, 6.45) is 0.151. The van der Waals surface area contributed by atoms with Crippen LogP contribution in [0.5, 0.6) is 5.75 Å². The minimum Gasteiger partial charge on any atom is -0.494 e. The second-order valence-electron chi connectivity index (χ2n) is 7.79. The predicted octanol–water partition coefficient (Wildman–Crippen LogP) is 4.14. The fourth-order valence-corrected chi connectivity index (χ4v) is 3.88. The van der Waals surface area contributed by atoms with Crippen LogP contribution >= 0.6 is 0 Å². The Morgan fingerprint density at radius 1 is 1.13 bits per heavy atom. The van der Waals surface area contributed by atoms with Crippen molar-refractivity contribution in [2.75, 3.05) is 19.7 Å². The van der Waals surface area contributed by atoms with Crippen LogP contribution in [-0.2, 0) is 23.9 Å². The number of pyridine rings is 1. The molecule has 0 spiro atoms. The standard InChI is InChI=1S/C23H27F3N2O3/c1-2-31-19-9-7-17(8-10-19)5-6-18-11-14-27(15-12-18)21(29)16-28-13-3-4-20(22(28)30)23(24,25)26/h3-4,7-10,13,18H,2,5-6,11-12,14-16H2,1H3. The Morgan fingerprint density at radius 2 is 1.81 bits per heavy atom. The molecule has 5 nitrogen and oxygen atoms in total. The second-order valence-corrected chi connectivity index (χ2v) is 7.79. The highest BCUT2D eigenvalue weighted by atomic mass is 19.4. The highest BCUT2D eigenvalue weighted by Crippen LogP contribution is 2.26. The van der Waals surface area contributed by atoms with Crippen LogP contribution in [0.25, 0.3) is 0 Å². The number of nitrogens with zero attached hydrogens (tertiary/aromatic N) is 2. The van der Waals surface area contributed by atoms with Gasteiger partial charge in [0, 0.05) is 19.3 Å². The third kappa shape index (κ3) is 6.12. The number of aryl methyl sites for hydroxylation is 1. The van der Waals surface area contributed by atoms with Gasteiger partial charge >= 0.3 is 6.18 Å². The Morgan fingerprint density at radius 3 is 2.42 bits per heavy atom. The maximum Gasteiger partial charge on any atom is 0.421 e. The number of carbonyl (C=O) groups excluding carboxylic acids is 1. The fourth-order valence-electron chi connectivity index (χ4n) is 3.88. The lowest BCUT2D eigenvalue weighted by Gasteiger charge is -2.32. The molecule has 1 fully saturated rings. The molecule has 1 aromatic heterocycles. The summed E-state index contributed by atoms with van der Waals surface area (Å²) in [5, 5.41) is 0. The third-order valence-electron chi connectivity index (χ3n) is 5.67. The summed E-state index contributed by atoms with van der Waals surface area (Å²) in [6, 6.07) is 9.95. The van der Waals surface area contributed by atoms with Gasteiger partial charge in [0.1, 0.15) is 17.9 Å². The number of piperidine rings is 1. The minimum absolute atomic E-state index is 0.327. The molecule has 1 aliphatic heterocycles. The maximum atomic E-state index is 12.9. The predicted molar refractivity (Wildman–Crippen MR) is 111 cm³/mol. The van der Waals surface area contributed by atoms with E-state index in [4.69, 9.17) is 4.74 Å². The Bertz CT molecular complexity index is 930. The number of rotatable bonds is 7. The molecule has 1 aromatic carbocycles. The molecule has 0 saturated carbocycles. The molecule has 1 amide bonds. The van der Waals surface area contributed by atoms with E-state index in [1.54, 1.807) is 4.90 Å². The third-order valence-corrected chi connectivity index (χ3v) is 5.67. The first-order valence-electron chi connectivity index (χ1n) is 10.5. The van der Waals surface area contributed by atoms with Gasteiger partial charge in [-0.2, -0.15) is 13.2 Å². The lowest BCUT2D eigenvalue weighted by Crippen LogP contribution is -2.42. The summed E-state index contributed by atoms with van der Waals surface area (Å²) >= 11 is 0. The molecule has 0 N–H and O–H groups in total. The number of ether oxygens (including phenoxy) is 1. The molecule has 0 bridgehead atoms. The Kier molecular flexibility index (Phi) is 7.41. The summed E-state index contributed by atoms with van der Waals surface area (Å²) in [6.45, 7) is 3.32. The summed E-state index contributed by atoms with van der Waals surface area (Å²) in [7, 11) is 0. The highest BCUT2D eigenvalue weighted by molar-refractivity contribution is 5.76. The molecule has 168 valence electrons. The zero-order valence-electron chi connectivity index (χ0n) is 17.5. The molecule has 31 heavy (non-hydrogen) atoms. The Balaban J connectivity index is 1.48. The zero-order valence-corrected chi connectivity index (χ0v) is 17.5. The van der Waals surface area contributed by atoms with Gasteiger partial charge in [-0.1, -0.05) is 12.1 Å². The van der Waals surface area contributed by atoms with Crippen LogP contribution < -0.4 is 10.3 Å². The molecule has 0 aliphatic carbocycles. The summed E-state index contributed by atoms with van der Waals surface area (Å²) in [5.74, 6) is 1.02. The molecule has 0 radical (unpaired) electrons. The van der Waals surface area contributed by atoms with Gasteiger partial charge in [0.2, 0.25) is 5.91 Å². The van der Waals surface area contributed by atoms with E-state index in [-0.39, 0.29) is 12.5 Å². The molecule has 3 rings (SSSR count). The van der Waals surface area contributed by atoms with E-state index in [9.17, 15) is 22.8 Å². The summed E-state index contributed by atoms with van der Waals surface area (Å²) < 4.78 is 45.0. The van der Waals surface area contributed by atoms with Crippen molar-refractivity contribution in [1.29, 1.82) is 0 Å². The van der Waals surface area contributed by atoms with Crippen molar-refractivity contribution in [3.63, 3.8) is 0 Å². The molecule has 2 heterocycles. The number of hydrogen-bond donors (Lipinski definition) is 0. The van der Waals surface area contributed by atoms with Crippen molar-refractivity contribution < 1.29 is 22.7 Å².